The number of benzene rings is 2. The van der Waals surface area contributed by atoms with Gasteiger partial charge < -0.3 is 23.7 Å². The lowest BCUT2D eigenvalue weighted by Crippen LogP contribution is -2.62. The van der Waals surface area contributed by atoms with Crippen LogP contribution in [0, 0.1) is 28.6 Å². The van der Waals surface area contributed by atoms with Crippen LogP contribution in [0.5, 0.6) is 5.75 Å². The first-order valence-corrected chi connectivity index (χ1v) is 14.1. The Kier molecular flexibility index (Phi) is 7.63. The molecule has 0 unspecified atom stereocenters. The van der Waals surface area contributed by atoms with Crippen molar-refractivity contribution in [2.24, 2.45) is 5.92 Å². The van der Waals surface area contributed by atoms with Crippen molar-refractivity contribution in [1.29, 1.82) is 10.5 Å². The van der Waals surface area contributed by atoms with Crippen LogP contribution in [-0.4, -0.2) is 39.8 Å². The van der Waals surface area contributed by atoms with Crippen molar-refractivity contribution in [3.8, 4) is 29.2 Å². The number of carbonyl (C=O) groups excluding carboxylic acids is 2. The molecule has 3 heterocycles. The molecule has 0 spiro atoms. The number of esters is 2. The molecule has 224 valence electrons. The summed E-state index contributed by atoms with van der Waals surface area (Å²) >= 11 is 0. The average molecular weight is 604 g/mol. The number of rotatable bonds is 5. The first-order valence-electron chi connectivity index (χ1n) is 14.1. The predicted octanol–water partition coefficient (Wildman–Crippen LogP) is 4.49. The molecule has 4 aromatic rings. The zero-order valence-corrected chi connectivity index (χ0v) is 23.9. The number of carbonyl (C=O) groups is 2. The highest BCUT2D eigenvalue weighted by Gasteiger charge is 2.58. The molecule has 0 saturated heterocycles. The molecular formula is C34H25N3O8. The minimum atomic E-state index is -1.41. The van der Waals surface area contributed by atoms with Gasteiger partial charge in [0.2, 0.25) is 0 Å². The summed E-state index contributed by atoms with van der Waals surface area (Å²) in [6.07, 6.45) is -0.105. The molecule has 2 aromatic carbocycles. The highest BCUT2D eigenvalue weighted by atomic mass is 16.6. The predicted molar refractivity (Wildman–Crippen MR) is 156 cm³/mol. The van der Waals surface area contributed by atoms with Crippen molar-refractivity contribution in [3.63, 3.8) is 0 Å². The van der Waals surface area contributed by atoms with Crippen LogP contribution in [0.3, 0.4) is 0 Å². The monoisotopic (exact) mass is 603 g/mol. The van der Waals surface area contributed by atoms with Gasteiger partial charge in [-0.3, -0.25) is 4.98 Å². The first kappa shape index (κ1) is 29.3. The van der Waals surface area contributed by atoms with Crippen molar-refractivity contribution in [3.05, 3.63) is 117 Å². The molecule has 0 bridgehead atoms. The highest BCUT2D eigenvalue weighted by Crippen LogP contribution is 2.51. The average Bonchev–Trinajstić information content (AvgIpc) is 3.05. The second-order valence-corrected chi connectivity index (χ2v) is 11.0. The van der Waals surface area contributed by atoms with Crippen LogP contribution in [0.4, 0.5) is 0 Å². The molecule has 1 fully saturated rings. The number of aliphatic hydroxyl groups excluding tert-OH is 1. The van der Waals surface area contributed by atoms with Crippen molar-refractivity contribution >= 4 is 11.9 Å². The van der Waals surface area contributed by atoms with E-state index in [4.69, 9.17) is 29.2 Å². The lowest BCUT2D eigenvalue weighted by Gasteiger charge is -2.52. The third-order valence-electron chi connectivity index (χ3n) is 8.29. The number of hydrogen-bond donors (Lipinski definition) is 1. The number of nitriles is 2. The number of aliphatic hydroxyl groups is 1. The fraction of sp³-hybridized carbons (Fsp3) is 0.235. The molecule has 5 atom stereocenters. The van der Waals surface area contributed by atoms with E-state index in [2.05, 4.69) is 4.98 Å². The fourth-order valence-corrected chi connectivity index (χ4v) is 5.87. The molecule has 0 amide bonds. The van der Waals surface area contributed by atoms with E-state index >= 15 is 0 Å². The molecule has 1 aliphatic heterocycles. The van der Waals surface area contributed by atoms with Gasteiger partial charge in [0.1, 0.15) is 34.9 Å². The Balaban J connectivity index is 1.35. The van der Waals surface area contributed by atoms with Crippen molar-refractivity contribution in [2.75, 3.05) is 0 Å². The van der Waals surface area contributed by atoms with Crippen LogP contribution in [0.25, 0.3) is 11.3 Å². The van der Waals surface area contributed by atoms with Crippen LogP contribution in [0.15, 0.2) is 88.3 Å². The Morgan fingerprint density at radius 2 is 1.58 bits per heavy atom. The van der Waals surface area contributed by atoms with E-state index < -0.39 is 47.4 Å². The van der Waals surface area contributed by atoms with Gasteiger partial charge in [-0.2, -0.15) is 10.5 Å². The number of ether oxygens (including phenoxy) is 3. The lowest BCUT2D eigenvalue weighted by molar-refractivity contribution is -0.177. The zero-order chi connectivity index (χ0) is 31.7. The second kappa shape index (κ2) is 11.7. The maximum atomic E-state index is 13.3. The van der Waals surface area contributed by atoms with Gasteiger partial charge in [-0.1, -0.05) is 0 Å². The topological polar surface area (TPSA) is 173 Å². The summed E-state index contributed by atoms with van der Waals surface area (Å²) in [4.78, 5) is 43.7. The summed E-state index contributed by atoms with van der Waals surface area (Å²) in [5.41, 5.74) is -0.600. The second-order valence-electron chi connectivity index (χ2n) is 11.0. The fourth-order valence-electron chi connectivity index (χ4n) is 5.87. The number of pyridine rings is 1. The van der Waals surface area contributed by atoms with Gasteiger partial charge in [-0.25, -0.2) is 14.4 Å². The van der Waals surface area contributed by atoms with Gasteiger partial charge in [0, 0.05) is 36.4 Å². The molecule has 1 saturated carbocycles. The van der Waals surface area contributed by atoms with Crippen molar-refractivity contribution in [2.45, 2.75) is 43.7 Å². The van der Waals surface area contributed by atoms with Crippen molar-refractivity contribution < 1.29 is 33.3 Å². The van der Waals surface area contributed by atoms with E-state index in [1.54, 1.807) is 25.3 Å². The van der Waals surface area contributed by atoms with E-state index in [0.29, 0.717) is 16.7 Å². The highest BCUT2D eigenvalue weighted by molar-refractivity contribution is 5.90. The standard InChI is InChI=1S/C34H25N3O8/c1-34-25(30(38)29-27(45-34)15-26(43-33(29)41)23-3-2-12-37-18-23)13-24(42-31(39)21-8-4-19(16-35)5-9-21)14-28(34)44-32(40)22-10-6-20(17-36)7-11-22/h2-12,15,18,24-25,28,30,38H,13-14H2,1H3/t24-,25+,28-,30-,34+/m1/s1. The third-order valence-corrected chi connectivity index (χ3v) is 8.29. The normalized spacial score (nSPS) is 23.2. The summed E-state index contributed by atoms with van der Waals surface area (Å²) in [5, 5.41) is 29.8. The Bertz CT molecular complexity index is 1910. The van der Waals surface area contributed by atoms with Crippen molar-refractivity contribution in [1.82, 2.24) is 4.98 Å². The molecule has 1 N–H and O–H groups in total. The number of hydrogen-bond acceptors (Lipinski definition) is 11. The van der Waals surface area contributed by atoms with Gasteiger partial charge in [0.25, 0.3) is 0 Å². The van der Waals surface area contributed by atoms with Crippen LogP contribution in [-0.2, 0) is 9.47 Å². The molecule has 11 heteroatoms. The maximum absolute atomic E-state index is 13.3. The van der Waals surface area contributed by atoms with Crippen LogP contribution in [0.2, 0.25) is 0 Å². The lowest BCUT2D eigenvalue weighted by atomic mass is 9.67. The number of fused-ring (bicyclic) bond motifs is 2. The smallest absolute Gasteiger partial charge is 0.345 e. The van der Waals surface area contributed by atoms with E-state index in [1.807, 2.05) is 12.1 Å². The summed E-state index contributed by atoms with van der Waals surface area (Å²) in [6, 6.07) is 20.7. The summed E-state index contributed by atoms with van der Waals surface area (Å²) in [6.45, 7) is 1.68. The molecule has 1 aliphatic carbocycles. The molecule has 0 radical (unpaired) electrons. The van der Waals surface area contributed by atoms with Gasteiger partial charge >= 0.3 is 17.6 Å². The van der Waals surface area contributed by atoms with Gasteiger partial charge in [-0.15, -0.1) is 0 Å². The number of nitrogens with zero attached hydrogens (tertiary/aromatic N) is 3. The first-order chi connectivity index (χ1) is 21.7. The van der Waals surface area contributed by atoms with Crippen LogP contribution >= 0.6 is 0 Å². The largest absolute Gasteiger partial charge is 0.482 e. The Morgan fingerprint density at radius 1 is 0.956 bits per heavy atom. The van der Waals surface area contributed by atoms with Gasteiger partial charge in [0.05, 0.1) is 40.5 Å². The van der Waals surface area contributed by atoms with Crippen LogP contribution < -0.4 is 10.4 Å². The number of aromatic nitrogens is 1. The van der Waals surface area contributed by atoms with E-state index in [1.165, 1.54) is 60.8 Å². The molecule has 45 heavy (non-hydrogen) atoms. The molecule has 2 aromatic heterocycles. The minimum Gasteiger partial charge on any atom is -0.482 e. The quantitative estimate of drug-likeness (QED) is 0.318. The maximum Gasteiger partial charge on any atom is 0.345 e. The summed E-state index contributed by atoms with van der Waals surface area (Å²) in [7, 11) is 0. The zero-order valence-electron chi connectivity index (χ0n) is 23.9. The molecule has 11 nitrogen and oxygen atoms in total. The van der Waals surface area contributed by atoms with Crippen LogP contribution in [0.1, 0.15) is 63.3 Å². The molecule has 2 aliphatic rings. The Hall–Kier alpha value is -5.78. The third kappa shape index (κ3) is 5.53. The van der Waals surface area contributed by atoms with Gasteiger partial charge in [0.15, 0.2) is 0 Å². The minimum absolute atomic E-state index is 0.0238. The summed E-state index contributed by atoms with van der Waals surface area (Å²) < 4.78 is 23.8. The van der Waals surface area contributed by atoms with E-state index in [-0.39, 0.29) is 41.0 Å². The Labute approximate surface area is 256 Å². The molecule has 6 rings (SSSR count). The SMILES string of the molecule is C[C@]12Oc3cc(-c4cccnc4)oc(=O)c3[C@H](O)[C@@H]1C[C@@H](OC(=O)c1ccc(C#N)cc1)C[C@H]2OC(=O)c1ccc(C#N)cc1. The Morgan fingerprint density at radius 3 is 2.16 bits per heavy atom. The molecular weight excluding hydrogens is 578 g/mol. The van der Waals surface area contributed by atoms with E-state index in [0.717, 1.165) is 0 Å². The van der Waals surface area contributed by atoms with Gasteiger partial charge in [-0.05, 0) is 74.0 Å². The van der Waals surface area contributed by atoms with E-state index in [9.17, 15) is 19.5 Å². The summed E-state index contributed by atoms with van der Waals surface area (Å²) in [5.74, 6) is -1.99.